The highest BCUT2D eigenvalue weighted by molar-refractivity contribution is 5.80. The third-order valence-corrected chi connectivity index (χ3v) is 4.69. The van der Waals surface area contributed by atoms with Gasteiger partial charge in [0.25, 0.3) is 0 Å². The Bertz CT molecular complexity index is 549. The topological polar surface area (TPSA) is 92.3 Å². The van der Waals surface area contributed by atoms with Gasteiger partial charge in [0, 0.05) is 19.6 Å². The van der Waals surface area contributed by atoms with Crippen LogP contribution in [0.25, 0.3) is 0 Å². The van der Waals surface area contributed by atoms with Crippen LogP contribution in [-0.2, 0) is 14.3 Å². The fraction of sp³-hybridized carbons (Fsp3) is 0.857. The zero-order chi connectivity index (χ0) is 22.0. The van der Waals surface area contributed by atoms with Crippen LogP contribution >= 0.6 is 0 Å². The van der Waals surface area contributed by atoms with Crippen molar-refractivity contribution >= 4 is 18.0 Å². The first-order chi connectivity index (χ1) is 13.6. The van der Waals surface area contributed by atoms with E-state index in [9.17, 15) is 9.59 Å². The van der Waals surface area contributed by atoms with E-state index in [-0.39, 0.29) is 23.8 Å². The monoisotopic (exact) mass is 412 g/mol. The molecule has 0 aromatic rings. The highest BCUT2D eigenvalue weighted by Gasteiger charge is 2.28. The molecular weight excluding hydrogens is 372 g/mol. The molecule has 29 heavy (non-hydrogen) atoms. The number of nitrogens with zero attached hydrogens (tertiary/aromatic N) is 2. The second-order valence-corrected chi connectivity index (χ2v) is 8.70. The van der Waals surface area contributed by atoms with Gasteiger partial charge in [0.2, 0.25) is 0 Å². The van der Waals surface area contributed by atoms with Crippen molar-refractivity contribution in [2.45, 2.75) is 73.0 Å². The van der Waals surface area contributed by atoms with Crippen molar-refractivity contribution in [3.05, 3.63) is 0 Å². The van der Waals surface area contributed by atoms with E-state index in [2.05, 4.69) is 29.4 Å². The zero-order valence-corrected chi connectivity index (χ0v) is 19.2. The number of carbonyl (C=O) groups is 2. The van der Waals surface area contributed by atoms with Gasteiger partial charge in [-0.2, -0.15) is 0 Å². The second-order valence-electron chi connectivity index (χ2n) is 8.70. The highest BCUT2D eigenvalue weighted by atomic mass is 16.6. The van der Waals surface area contributed by atoms with Crippen LogP contribution in [0.1, 0.15) is 61.3 Å². The summed E-state index contributed by atoms with van der Waals surface area (Å²) in [5.41, 5.74) is -0.535. The van der Waals surface area contributed by atoms with E-state index in [1.54, 1.807) is 0 Å². The molecule has 8 heteroatoms. The number of hydrogen-bond donors (Lipinski definition) is 2. The Morgan fingerprint density at radius 1 is 1.17 bits per heavy atom. The van der Waals surface area contributed by atoms with Gasteiger partial charge in [-0.25, -0.2) is 4.79 Å². The number of aliphatic imine (C=N–C) groups is 1. The van der Waals surface area contributed by atoms with Gasteiger partial charge in [-0.3, -0.25) is 9.79 Å². The van der Waals surface area contributed by atoms with E-state index in [4.69, 9.17) is 14.5 Å². The van der Waals surface area contributed by atoms with Crippen molar-refractivity contribution in [1.29, 1.82) is 0 Å². The number of carbonyl (C=O) groups excluding carboxylic acids is 2. The molecule has 0 radical (unpaired) electrons. The standard InChI is InChI=1S/C21H40N4O4/c1-8-22-19(25-12-10-16(11-13-25)18(26)28-9-2)23-14-17(15(3)4)24-20(27)29-21(5,6)7/h15-17H,8-14H2,1-7H3,(H,22,23)(H,24,27). The van der Waals surface area contributed by atoms with Crippen molar-refractivity contribution < 1.29 is 19.1 Å². The van der Waals surface area contributed by atoms with Gasteiger partial charge in [-0.05, 0) is 53.4 Å². The number of likely N-dealkylation sites (tertiary alicyclic amines) is 1. The molecule has 1 aliphatic rings. The summed E-state index contributed by atoms with van der Waals surface area (Å²) in [5, 5.41) is 6.26. The van der Waals surface area contributed by atoms with Crippen molar-refractivity contribution in [3.8, 4) is 0 Å². The summed E-state index contributed by atoms with van der Waals surface area (Å²) in [4.78, 5) is 31.0. The van der Waals surface area contributed by atoms with Crippen LogP contribution in [0.3, 0.4) is 0 Å². The Labute approximate surface area is 175 Å². The molecule has 1 rings (SSSR count). The minimum atomic E-state index is -0.535. The average molecular weight is 413 g/mol. The number of guanidine groups is 1. The summed E-state index contributed by atoms with van der Waals surface area (Å²) in [5.74, 6) is 0.886. The summed E-state index contributed by atoms with van der Waals surface area (Å²) in [6.45, 7) is 16.6. The van der Waals surface area contributed by atoms with Crippen LogP contribution in [0.5, 0.6) is 0 Å². The van der Waals surface area contributed by atoms with Crippen molar-refractivity contribution in [2.24, 2.45) is 16.8 Å². The van der Waals surface area contributed by atoms with E-state index < -0.39 is 11.7 Å². The number of esters is 1. The fourth-order valence-electron chi connectivity index (χ4n) is 3.08. The third-order valence-electron chi connectivity index (χ3n) is 4.69. The molecule has 0 aromatic carbocycles. The van der Waals surface area contributed by atoms with Crippen LogP contribution < -0.4 is 10.6 Å². The highest BCUT2D eigenvalue weighted by Crippen LogP contribution is 2.19. The Morgan fingerprint density at radius 2 is 1.79 bits per heavy atom. The molecule has 0 spiro atoms. The molecule has 1 atom stereocenters. The molecule has 1 aliphatic heterocycles. The maximum Gasteiger partial charge on any atom is 0.407 e. The van der Waals surface area contributed by atoms with Crippen LogP contribution in [0.15, 0.2) is 4.99 Å². The van der Waals surface area contributed by atoms with Crippen molar-refractivity contribution in [3.63, 3.8) is 0 Å². The maximum absolute atomic E-state index is 12.1. The first kappa shape index (κ1) is 25.0. The van der Waals surface area contributed by atoms with Gasteiger partial charge in [0.05, 0.1) is 25.1 Å². The minimum Gasteiger partial charge on any atom is -0.466 e. The van der Waals surface area contributed by atoms with Gasteiger partial charge < -0.3 is 25.0 Å². The molecule has 2 N–H and O–H groups in total. The molecule has 0 bridgehead atoms. The van der Waals surface area contributed by atoms with Crippen LogP contribution in [0.2, 0.25) is 0 Å². The molecule has 0 saturated carbocycles. The molecule has 1 amide bonds. The van der Waals surface area contributed by atoms with Gasteiger partial charge in [0.1, 0.15) is 5.60 Å². The molecule has 0 aromatic heterocycles. The Morgan fingerprint density at radius 3 is 2.28 bits per heavy atom. The third kappa shape index (κ3) is 9.37. The van der Waals surface area contributed by atoms with Gasteiger partial charge in [0.15, 0.2) is 5.96 Å². The number of ether oxygens (including phenoxy) is 2. The predicted molar refractivity (Wildman–Crippen MR) is 115 cm³/mol. The van der Waals surface area contributed by atoms with E-state index in [0.717, 1.165) is 38.4 Å². The molecule has 0 aliphatic carbocycles. The lowest BCUT2D eigenvalue weighted by Gasteiger charge is -2.33. The Hall–Kier alpha value is -1.99. The Balaban J connectivity index is 2.71. The normalized spacial score (nSPS) is 17.1. The molecule has 1 fully saturated rings. The quantitative estimate of drug-likeness (QED) is 0.379. The van der Waals surface area contributed by atoms with Gasteiger partial charge >= 0.3 is 12.1 Å². The number of alkyl carbamates (subject to hydrolysis) is 1. The molecule has 1 saturated heterocycles. The van der Waals surface area contributed by atoms with E-state index in [1.807, 2.05) is 34.6 Å². The van der Waals surface area contributed by atoms with Crippen LogP contribution in [0.4, 0.5) is 4.79 Å². The van der Waals surface area contributed by atoms with E-state index >= 15 is 0 Å². The SMILES string of the molecule is CCNC(=NCC(NC(=O)OC(C)(C)C)C(C)C)N1CCC(C(=O)OCC)CC1. The zero-order valence-electron chi connectivity index (χ0n) is 19.2. The molecule has 168 valence electrons. The number of piperidine rings is 1. The predicted octanol–water partition coefficient (Wildman–Crippen LogP) is 2.78. The number of hydrogen-bond acceptors (Lipinski definition) is 5. The molecule has 1 unspecified atom stereocenters. The molecule has 8 nitrogen and oxygen atoms in total. The van der Waals surface area contributed by atoms with Crippen molar-refractivity contribution in [1.82, 2.24) is 15.5 Å². The molecular formula is C21H40N4O4. The van der Waals surface area contributed by atoms with Gasteiger partial charge in [-0.15, -0.1) is 0 Å². The summed E-state index contributed by atoms with van der Waals surface area (Å²) < 4.78 is 10.5. The lowest BCUT2D eigenvalue weighted by atomic mass is 9.97. The summed E-state index contributed by atoms with van der Waals surface area (Å²) >= 11 is 0. The summed E-state index contributed by atoms with van der Waals surface area (Å²) in [6.07, 6.45) is 1.09. The minimum absolute atomic E-state index is 0.0358. The smallest absolute Gasteiger partial charge is 0.407 e. The number of nitrogens with one attached hydrogen (secondary N) is 2. The summed E-state index contributed by atoms with van der Waals surface area (Å²) in [7, 11) is 0. The van der Waals surface area contributed by atoms with Crippen LogP contribution in [-0.4, -0.2) is 67.4 Å². The van der Waals surface area contributed by atoms with Crippen LogP contribution in [0, 0.1) is 11.8 Å². The first-order valence-electron chi connectivity index (χ1n) is 10.8. The lowest BCUT2D eigenvalue weighted by Crippen LogP contribution is -2.48. The fourth-order valence-corrected chi connectivity index (χ4v) is 3.08. The second kappa shape index (κ2) is 11.9. The number of rotatable bonds is 7. The van der Waals surface area contributed by atoms with Crippen molar-refractivity contribution in [2.75, 3.05) is 32.8 Å². The first-order valence-corrected chi connectivity index (χ1v) is 10.8. The molecule has 1 heterocycles. The number of amides is 1. The Kier molecular flexibility index (Phi) is 10.3. The van der Waals surface area contributed by atoms with E-state index in [1.165, 1.54) is 0 Å². The van der Waals surface area contributed by atoms with Gasteiger partial charge in [-0.1, -0.05) is 13.8 Å². The lowest BCUT2D eigenvalue weighted by molar-refractivity contribution is -0.149. The summed E-state index contributed by atoms with van der Waals surface area (Å²) in [6, 6.07) is -0.129. The van der Waals surface area contributed by atoms with E-state index in [0.29, 0.717) is 13.2 Å². The average Bonchev–Trinajstić information content (AvgIpc) is 2.62. The largest absolute Gasteiger partial charge is 0.466 e. The maximum atomic E-state index is 12.1.